The number of carbonyl (C=O) groups excluding carboxylic acids is 1. The normalized spacial score (nSPS) is 17.9. The molecular weight excluding hydrogens is 450 g/mol. The monoisotopic (exact) mass is 473 g/mol. The Morgan fingerprint density at radius 3 is 2.65 bits per heavy atom. The number of nitro groups is 1. The van der Waals surface area contributed by atoms with Crippen molar-refractivity contribution in [3.63, 3.8) is 0 Å². The predicted molar refractivity (Wildman–Crippen MR) is 133 cm³/mol. The molecule has 1 amide bonds. The lowest BCUT2D eigenvalue weighted by Gasteiger charge is -2.32. The molecule has 2 aliphatic heterocycles. The summed E-state index contributed by atoms with van der Waals surface area (Å²) in [5, 5.41) is 11.8. The molecule has 7 nitrogen and oxygen atoms in total. The van der Waals surface area contributed by atoms with Crippen LogP contribution in [0.5, 0.6) is 0 Å². The Morgan fingerprint density at radius 2 is 1.88 bits per heavy atom. The molecule has 1 saturated heterocycles. The molecule has 0 unspecified atom stereocenters. The van der Waals surface area contributed by atoms with E-state index in [4.69, 9.17) is 4.42 Å². The number of hydrogen-bond acceptors (Lipinski definition) is 6. The summed E-state index contributed by atoms with van der Waals surface area (Å²) >= 11 is 1.37. The second-order valence-corrected chi connectivity index (χ2v) is 9.45. The number of rotatable bonds is 5. The van der Waals surface area contributed by atoms with Gasteiger partial charge in [-0.25, -0.2) is 0 Å². The predicted octanol–water partition coefficient (Wildman–Crippen LogP) is 5.78. The lowest BCUT2D eigenvalue weighted by Crippen LogP contribution is -2.37. The van der Waals surface area contributed by atoms with E-state index in [1.165, 1.54) is 29.5 Å². The van der Waals surface area contributed by atoms with Gasteiger partial charge in [0.25, 0.3) is 11.6 Å². The van der Waals surface area contributed by atoms with Crippen LogP contribution in [0.4, 0.5) is 5.69 Å². The maximum absolute atomic E-state index is 12.5. The van der Waals surface area contributed by atoms with Gasteiger partial charge in [0.15, 0.2) is 5.17 Å². The van der Waals surface area contributed by atoms with Gasteiger partial charge in [0.1, 0.15) is 11.5 Å². The number of nitro benzene ring substituents is 1. The summed E-state index contributed by atoms with van der Waals surface area (Å²) in [5.41, 5.74) is 1.98. The second kappa shape index (κ2) is 9.69. The number of amidine groups is 1. The van der Waals surface area contributed by atoms with Crippen LogP contribution in [0.15, 0.2) is 81.0 Å². The summed E-state index contributed by atoms with van der Waals surface area (Å²) in [6, 6.07) is 20.3. The number of nitrogens with zero attached hydrogens (tertiary/aromatic N) is 3. The summed E-state index contributed by atoms with van der Waals surface area (Å²) in [4.78, 5) is 30.1. The van der Waals surface area contributed by atoms with E-state index in [9.17, 15) is 14.9 Å². The van der Waals surface area contributed by atoms with Crippen molar-refractivity contribution in [2.24, 2.45) is 10.9 Å². The number of non-ortho nitro benzene ring substituents is 1. The molecule has 2 aromatic carbocycles. The van der Waals surface area contributed by atoms with Crippen molar-refractivity contribution in [3.05, 3.63) is 93.1 Å². The zero-order valence-electron chi connectivity index (χ0n) is 18.4. The standard InChI is InChI=1S/C26H23N3O4S/c30-25-24(17-22-9-10-23(33-22)20-7-4-8-21(16-20)29(31)32)34-26(27-25)28-13-11-19(12-14-28)15-18-5-2-1-3-6-18/h1-10,16-17,19H,11-15H2. The summed E-state index contributed by atoms with van der Waals surface area (Å²) < 4.78 is 5.84. The van der Waals surface area contributed by atoms with Gasteiger partial charge < -0.3 is 9.32 Å². The number of likely N-dealkylation sites (tertiary alicyclic amines) is 1. The number of aliphatic imine (C=N–C) groups is 1. The first-order valence-corrected chi connectivity index (χ1v) is 12.0. The van der Waals surface area contributed by atoms with Crippen LogP contribution in [0.1, 0.15) is 24.2 Å². The van der Waals surface area contributed by atoms with Crippen molar-refractivity contribution < 1.29 is 14.1 Å². The largest absolute Gasteiger partial charge is 0.457 e. The molecule has 1 fully saturated rings. The number of amides is 1. The van der Waals surface area contributed by atoms with Gasteiger partial charge in [-0.05, 0) is 54.6 Å². The molecule has 172 valence electrons. The van der Waals surface area contributed by atoms with Crippen LogP contribution in [-0.4, -0.2) is 34.0 Å². The van der Waals surface area contributed by atoms with Crippen LogP contribution in [0.25, 0.3) is 17.4 Å². The van der Waals surface area contributed by atoms with E-state index in [1.54, 1.807) is 30.3 Å². The molecule has 0 aliphatic carbocycles. The number of piperidine rings is 1. The third-order valence-corrected chi connectivity index (χ3v) is 7.15. The average molecular weight is 474 g/mol. The van der Waals surface area contributed by atoms with Crippen molar-refractivity contribution >= 4 is 34.6 Å². The van der Waals surface area contributed by atoms with Crippen molar-refractivity contribution in [3.8, 4) is 11.3 Å². The van der Waals surface area contributed by atoms with Gasteiger partial charge in [-0.3, -0.25) is 14.9 Å². The molecular formula is C26H23N3O4S. The van der Waals surface area contributed by atoms with Crippen LogP contribution in [0.3, 0.4) is 0 Å². The smallest absolute Gasteiger partial charge is 0.286 e. The minimum atomic E-state index is -0.438. The Bertz CT molecular complexity index is 1270. The Balaban J connectivity index is 1.21. The highest BCUT2D eigenvalue weighted by atomic mass is 32.2. The molecule has 1 aromatic heterocycles. The maximum atomic E-state index is 12.5. The Labute approximate surface area is 201 Å². The fraction of sp³-hybridized carbons (Fsp3) is 0.231. The molecule has 0 saturated carbocycles. The molecule has 0 bridgehead atoms. The molecule has 3 heterocycles. The first-order valence-electron chi connectivity index (χ1n) is 11.2. The maximum Gasteiger partial charge on any atom is 0.286 e. The Hall–Kier alpha value is -3.65. The van der Waals surface area contributed by atoms with Gasteiger partial charge in [-0.2, -0.15) is 4.99 Å². The molecule has 8 heteroatoms. The third kappa shape index (κ3) is 4.97. The van der Waals surface area contributed by atoms with E-state index < -0.39 is 4.92 Å². The highest BCUT2D eigenvalue weighted by molar-refractivity contribution is 8.18. The van der Waals surface area contributed by atoms with Crippen molar-refractivity contribution in [2.75, 3.05) is 13.1 Å². The van der Waals surface area contributed by atoms with Gasteiger partial charge in [-0.15, -0.1) is 0 Å². The molecule has 2 aliphatic rings. The van der Waals surface area contributed by atoms with Crippen LogP contribution in [0.2, 0.25) is 0 Å². The number of thioether (sulfide) groups is 1. The summed E-state index contributed by atoms with van der Waals surface area (Å²) in [7, 11) is 0. The van der Waals surface area contributed by atoms with Crippen LogP contribution < -0.4 is 0 Å². The van der Waals surface area contributed by atoms with E-state index in [2.05, 4.69) is 34.2 Å². The van der Waals surface area contributed by atoms with Gasteiger partial charge >= 0.3 is 0 Å². The molecule has 0 spiro atoms. The van der Waals surface area contributed by atoms with Crippen molar-refractivity contribution in [2.45, 2.75) is 19.3 Å². The molecule has 5 rings (SSSR count). The average Bonchev–Trinajstić information content (AvgIpc) is 3.47. The lowest BCUT2D eigenvalue weighted by atomic mass is 9.90. The van der Waals surface area contributed by atoms with Crippen LogP contribution >= 0.6 is 11.8 Å². The number of hydrogen-bond donors (Lipinski definition) is 0. The second-order valence-electron chi connectivity index (χ2n) is 8.44. The first kappa shape index (κ1) is 22.2. The zero-order chi connectivity index (χ0) is 23.5. The quantitative estimate of drug-likeness (QED) is 0.265. The van der Waals surface area contributed by atoms with Gasteiger partial charge in [0.2, 0.25) is 0 Å². The van der Waals surface area contributed by atoms with E-state index >= 15 is 0 Å². The number of furan rings is 1. The minimum absolute atomic E-state index is 0.000844. The van der Waals surface area contributed by atoms with Gasteiger partial charge in [0, 0.05) is 36.9 Å². The number of benzene rings is 2. The summed E-state index contributed by atoms with van der Waals surface area (Å²) in [6.07, 6.45) is 4.93. The fourth-order valence-electron chi connectivity index (χ4n) is 4.30. The van der Waals surface area contributed by atoms with E-state index in [0.717, 1.165) is 37.5 Å². The summed E-state index contributed by atoms with van der Waals surface area (Å²) in [5.74, 6) is 1.40. The SMILES string of the molecule is O=C1N=C(N2CCC(Cc3ccccc3)CC2)SC1=Cc1ccc(-c2cccc([N+](=O)[O-])c2)o1. The molecule has 0 N–H and O–H groups in total. The zero-order valence-corrected chi connectivity index (χ0v) is 19.2. The van der Waals surface area contributed by atoms with Crippen LogP contribution in [0, 0.1) is 16.0 Å². The summed E-state index contributed by atoms with van der Waals surface area (Å²) in [6.45, 7) is 1.78. The van der Waals surface area contributed by atoms with Crippen LogP contribution in [-0.2, 0) is 11.2 Å². The topological polar surface area (TPSA) is 89.0 Å². The molecule has 3 aromatic rings. The third-order valence-electron chi connectivity index (χ3n) is 6.10. The Morgan fingerprint density at radius 1 is 1.09 bits per heavy atom. The van der Waals surface area contributed by atoms with Crippen molar-refractivity contribution in [1.29, 1.82) is 0 Å². The highest BCUT2D eigenvalue weighted by Gasteiger charge is 2.29. The molecule has 0 radical (unpaired) electrons. The Kier molecular flexibility index (Phi) is 6.31. The minimum Gasteiger partial charge on any atom is -0.457 e. The van der Waals surface area contributed by atoms with E-state index in [-0.39, 0.29) is 11.6 Å². The molecule has 34 heavy (non-hydrogen) atoms. The van der Waals surface area contributed by atoms with Gasteiger partial charge in [0.05, 0.1) is 9.83 Å². The van der Waals surface area contributed by atoms with Gasteiger partial charge in [-0.1, -0.05) is 42.5 Å². The molecule has 0 atom stereocenters. The van der Waals surface area contributed by atoms with Crippen molar-refractivity contribution in [1.82, 2.24) is 4.90 Å². The highest BCUT2D eigenvalue weighted by Crippen LogP contribution is 2.34. The van der Waals surface area contributed by atoms with E-state index in [1.807, 2.05) is 6.07 Å². The van der Waals surface area contributed by atoms with E-state index in [0.29, 0.717) is 27.9 Å². The fourth-order valence-corrected chi connectivity index (χ4v) is 5.24. The lowest BCUT2D eigenvalue weighted by molar-refractivity contribution is -0.384. The number of carbonyl (C=O) groups is 1. The first-order chi connectivity index (χ1) is 16.5.